The van der Waals surface area contributed by atoms with E-state index in [-0.39, 0.29) is 9.97 Å². The molecule has 0 aromatic heterocycles. The van der Waals surface area contributed by atoms with Crippen LogP contribution in [0.4, 0.5) is 0 Å². The fourth-order valence-corrected chi connectivity index (χ4v) is 1.41. The first kappa shape index (κ1) is 9.12. The third kappa shape index (κ3) is 2.86. The molecular weight excluding hydrogens is 261 g/mol. The number of hydrogen-bond acceptors (Lipinski definition) is 4. The van der Waals surface area contributed by atoms with Crippen LogP contribution < -0.4 is 0 Å². The van der Waals surface area contributed by atoms with Crippen LogP contribution in [0.2, 0.25) is 0 Å². The summed E-state index contributed by atoms with van der Waals surface area (Å²) in [6.45, 7) is 1.32. The zero-order valence-electron chi connectivity index (χ0n) is 5.83. The van der Waals surface area contributed by atoms with Gasteiger partial charge in [0, 0.05) is 0 Å². The lowest BCUT2D eigenvalue weighted by molar-refractivity contribution is -0.0323. The van der Waals surface area contributed by atoms with Gasteiger partial charge in [0.25, 0.3) is 0 Å². The van der Waals surface area contributed by atoms with Gasteiger partial charge in [-0.3, -0.25) is 0 Å². The van der Waals surface area contributed by atoms with Crippen molar-refractivity contribution in [2.75, 3.05) is 20.0 Å². The van der Waals surface area contributed by atoms with E-state index in [1.54, 1.807) is 0 Å². The second-order valence-electron chi connectivity index (χ2n) is 2.16. The highest BCUT2D eigenvalue weighted by molar-refractivity contribution is 14.1. The molecule has 1 aliphatic rings. The topological polar surface area (TPSA) is 47.9 Å². The number of halogens is 1. The number of nitrogens with zero attached hydrogens (tertiary/aromatic N) is 1. The normalized spacial score (nSPS) is 32.1. The Morgan fingerprint density at radius 1 is 1.45 bits per heavy atom. The van der Waals surface area contributed by atoms with Crippen molar-refractivity contribution in [2.24, 2.45) is 4.99 Å². The summed E-state index contributed by atoms with van der Waals surface area (Å²) in [5.74, 6) is 0. The molecule has 2 atom stereocenters. The summed E-state index contributed by atoms with van der Waals surface area (Å²) in [5.41, 5.74) is 0. The van der Waals surface area contributed by atoms with Gasteiger partial charge in [0.15, 0.2) is 0 Å². The van der Waals surface area contributed by atoms with Crippen molar-refractivity contribution in [1.82, 2.24) is 0 Å². The van der Waals surface area contributed by atoms with Gasteiger partial charge >= 0.3 is 0 Å². The Hall–Kier alpha value is 0.0300. The van der Waals surface area contributed by atoms with Crippen LogP contribution in [-0.2, 0) is 14.3 Å². The number of aliphatic imine (C=N–C) groups is 1. The van der Waals surface area contributed by atoms with Crippen molar-refractivity contribution in [3.63, 3.8) is 0 Å². The van der Waals surface area contributed by atoms with Crippen molar-refractivity contribution in [2.45, 2.75) is 9.97 Å². The van der Waals surface area contributed by atoms with Gasteiger partial charge in [0.2, 0.25) is 6.08 Å². The second-order valence-corrected chi connectivity index (χ2v) is 3.76. The maximum absolute atomic E-state index is 9.94. The number of carbonyl (C=O) groups excluding carboxylic acids is 1. The molecule has 4 nitrogen and oxygen atoms in total. The van der Waals surface area contributed by atoms with Crippen LogP contribution in [0, 0.1) is 0 Å². The van der Waals surface area contributed by atoms with Gasteiger partial charge in [0.1, 0.15) is 6.79 Å². The molecule has 62 valence electrons. The molecule has 0 N–H and O–H groups in total. The van der Waals surface area contributed by atoms with Gasteiger partial charge < -0.3 is 9.47 Å². The molecule has 0 aromatic carbocycles. The SMILES string of the molecule is O=C=NC1COCOCC1I. The maximum Gasteiger partial charge on any atom is 0.235 e. The van der Waals surface area contributed by atoms with E-state index in [2.05, 4.69) is 27.6 Å². The Bertz CT molecular complexity index is 169. The first-order valence-electron chi connectivity index (χ1n) is 3.21. The van der Waals surface area contributed by atoms with E-state index in [0.29, 0.717) is 20.0 Å². The van der Waals surface area contributed by atoms with Crippen LogP contribution in [0.3, 0.4) is 0 Å². The minimum absolute atomic E-state index is 0.101. The molecule has 0 aliphatic carbocycles. The van der Waals surface area contributed by atoms with E-state index in [9.17, 15) is 4.79 Å². The molecule has 11 heavy (non-hydrogen) atoms. The largest absolute Gasteiger partial charge is 0.354 e. The lowest BCUT2D eigenvalue weighted by Gasteiger charge is -2.10. The first-order valence-corrected chi connectivity index (χ1v) is 4.45. The highest BCUT2D eigenvalue weighted by Gasteiger charge is 2.21. The molecule has 0 bridgehead atoms. The predicted octanol–water partition coefficient (Wildman–Crippen LogP) is 0.499. The van der Waals surface area contributed by atoms with Gasteiger partial charge in [-0.25, -0.2) is 4.79 Å². The summed E-state index contributed by atoms with van der Waals surface area (Å²) in [6, 6.07) is -0.101. The van der Waals surface area contributed by atoms with Crippen LogP contribution in [0.25, 0.3) is 0 Å². The maximum atomic E-state index is 9.94. The molecule has 1 fully saturated rings. The molecule has 1 saturated heterocycles. The summed E-state index contributed by atoms with van der Waals surface area (Å²) < 4.78 is 10.3. The molecule has 1 rings (SSSR count). The summed E-state index contributed by atoms with van der Waals surface area (Å²) in [4.78, 5) is 13.5. The lowest BCUT2D eigenvalue weighted by Crippen LogP contribution is -2.24. The van der Waals surface area contributed by atoms with Crippen LogP contribution in [0.1, 0.15) is 0 Å². The minimum Gasteiger partial charge on any atom is -0.354 e. The van der Waals surface area contributed by atoms with Crippen LogP contribution >= 0.6 is 22.6 Å². The average molecular weight is 269 g/mol. The molecule has 0 saturated carbocycles. The monoisotopic (exact) mass is 269 g/mol. The van der Waals surface area contributed by atoms with Crippen molar-refractivity contribution in [3.05, 3.63) is 0 Å². The second kappa shape index (κ2) is 4.82. The molecule has 0 radical (unpaired) electrons. The number of alkyl halides is 1. The van der Waals surface area contributed by atoms with Gasteiger partial charge in [-0.15, -0.1) is 0 Å². The molecule has 1 aliphatic heterocycles. The molecule has 0 amide bonds. The highest BCUT2D eigenvalue weighted by atomic mass is 127. The fourth-order valence-electron chi connectivity index (χ4n) is 0.790. The Kier molecular flexibility index (Phi) is 3.99. The van der Waals surface area contributed by atoms with Crippen LogP contribution in [0.5, 0.6) is 0 Å². The zero-order chi connectivity index (χ0) is 8.10. The number of ether oxygens (including phenoxy) is 2. The third-order valence-corrected chi connectivity index (χ3v) is 2.56. The Labute approximate surface area is 78.1 Å². The van der Waals surface area contributed by atoms with E-state index >= 15 is 0 Å². The first-order chi connectivity index (χ1) is 5.34. The number of rotatable bonds is 1. The summed E-state index contributed by atoms with van der Waals surface area (Å²) in [7, 11) is 0. The zero-order valence-corrected chi connectivity index (χ0v) is 7.98. The van der Waals surface area contributed by atoms with Gasteiger partial charge in [-0.05, 0) is 0 Å². The Morgan fingerprint density at radius 2 is 2.18 bits per heavy atom. The molecule has 0 spiro atoms. The average Bonchev–Trinajstić information content (AvgIpc) is 2.18. The predicted molar refractivity (Wildman–Crippen MR) is 46.5 cm³/mol. The summed E-state index contributed by atoms with van der Waals surface area (Å²) in [6.07, 6.45) is 1.53. The lowest BCUT2D eigenvalue weighted by atomic mass is 10.2. The Balaban J connectivity index is 2.51. The van der Waals surface area contributed by atoms with Crippen molar-refractivity contribution >= 4 is 28.7 Å². The van der Waals surface area contributed by atoms with Crippen LogP contribution in [-0.4, -0.2) is 36.1 Å². The standard InChI is InChI=1S/C6H8INO3/c7-5-1-10-4-11-2-6(5)8-3-9/h5-6H,1-2,4H2. The van der Waals surface area contributed by atoms with Gasteiger partial charge in [-0.2, -0.15) is 4.99 Å². The van der Waals surface area contributed by atoms with E-state index < -0.39 is 0 Å². The Morgan fingerprint density at radius 3 is 2.91 bits per heavy atom. The fraction of sp³-hybridized carbons (Fsp3) is 0.833. The van der Waals surface area contributed by atoms with E-state index in [4.69, 9.17) is 9.47 Å². The molecule has 1 heterocycles. The summed E-state index contributed by atoms with van der Waals surface area (Å²) >= 11 is 2.19. The minimum atomic E-state index is -0.101. The smallest absolute Gasteiger partial charge is 0.235 e. The van der Waals surface area contributed by atoms with E-state index in [1.165, 1.54) is 6.08 Å². The molecular formula is C6H8INO3. The van der Waals surface area contributed by atoms with Crippen molar-refractivity contribution < 1.29 is 14.3 Å². The summed E-state index contributed by atoms with van der Waals surface area (Å²) in [5, 5.41) is 0. The highest BCUT2D eigenvalue weighted by Crippen LogP contribution is 2.13. The van der Waals surface area contributed by atoms with Crippen LogP contribution in [0.15, 0.2) is 4.99 Å². The van der Waals surface area contributed by atoms with Gasteiger partial charge in [-0.1, -0.05) is 22.6 Å². The van der Waals surface area contributed by atoms with Crippen molar-refractivity contribution in [1.29, 1.82) is 0 Å². The molecule has 0 aromatic rings. The number of isocyanates is 1. The molecule has 2 unspecified atom stereocenters. The third-order valence-electron chi connectivity index (χ3n) is 1.37. The quantitative estimate of drug-likeness (QED) is 0.301. The van der Waals surface area contributed by atoms with E-state index in [1.807, 2.05) is 0 Å². The van der Waals surface area contributed by atoms with E-state index in [0.717, 1.165) is 0 Å². The number of hydrogen-bond donors (Lipinski definition) is 0. The van der Waals surface area contributed by atoms with Gasteiger partial charge in [0.05, 0.1) is 23.2 Å². The van der Waals surface area contributed by atoms with Crippen molar-refractivity contribution in [3.8, 4) is 0 Å². The molecule has 5 heteroatoms.